The van der Waals surface area contributed by atoms with Crippen molar-refractivity contribution in [2.75, 3.05) is 17.2 Å². The number of alkyl halides is 2. The van der Waals surface area contributed by atoms with Crippen molar-refractivity contribution in [2.24, 2.45) is 5.92 Å². The first-order valence-corrected chi connectivity index (χ1v) is 12.1. The highest BCUT2D eigenvalue weighted by molar-refractivity contribution is 9.09. The fraction of sp³-hybridized carbons (Fsp3) is 0.571. The van der Waals surface area contributed by atoms with E-state index in [1.807, 2.05) is 30.3 Å². The Balaban J connectivity index is 2.25. The fourth-order valence-corrected chi connectivity index (χ4v) is 4.65. The van der Waals surface area contributed by atoms with E-state index >= 15 is 0 Å². The summed E-state index contributed by atoms with van der Waals surface area (Å²) in [7, 11) is 0. The number of rotatable bonds is 6. The minimum absolute atomic E-state index is 0.0790. The molecule has 0 bridgehead atoms. The molecular weight excluding hydrogens is 520 g/mol. The van der Waals surface area contributed by atoms with Crippen molar-refractivity contribution >= 4 is 49.8 Å². The number of amides is 2. The van der Waals surface area contributed by atoms with Crippen LogP contribution in [0.25, 0.3) is 0 Å². The molecule has 0 radical (unpaired) electrons. The second-order valence-corrected chi connectivity index (χ2v) is 9.34. The first-order chi connectivity index (χ1) is 14.2. The van der Waals surface area contributed by atoms with Gasteiger partial charge in [0.05, 0.1) is 5.92 Å². The summed E-state index contributed by atoms with van der Waals surface area (Å²) in [5.74, 6) is -1.31. The van der Waals surface area contributed by atoms with E-state index in [0.717, 1.165) is 5.56 Å². The van der Waals surface area contributed by atoms with Gasteiger partial charge in [-0.25, -0.2) is 19.6 Å². The number of hydrazine groups is 1. The molecule has 2 rings (SSSR count). The van der Waals surface area contributed by atoms with E-state index in [4.69, 9.17) is 9.47 Å². The van der Waals surface area contributed by atoms with Gasteiger partial charge in [-0.3, -0.25) is 4.79 Å². The Hall–Kier alpha value is -1.61. The smallest absolute Gasteiger partial charge is 0.429 e. The van der Waals surface area contributed by atoms with Crippen molar-refractivity contribution in [2.45, 2.75) is 51.9 Å². The average Bonchev–Trinajstić information content (AvgIpc) is 2.71. The van der Waals surface area contributed by atoms with E-state index < -0.39 is 29.6 Å². The van der Waals surface area contributed by atoms with Gasteiger partial charge in [0.2, 0.25) is 5.91 Å². The Kier molecular flexibility index (Phi) is 9.15. The molecule has 0 N–H and O–H groups in total. The van der Waals surface area contributed by atoms with Crippen LogP contribution in [0, 0.1) is 5.92 Å². The molecule has 1 atom stereocenters. The monoisotopic (exact) mass is 546 g/mol. The number of halogens is 2. The zero-order chi connectivity index (χ0) is 22.3. The van der Waals surface area contributed by atoms with Crippen LogP contribution in [0.1, 0.15) is 39.2 Å². The lowest BCUT2D eigenvalue weighted by Gasteiger charge is -2.43. The fourth-order valence-electron chi connectivity index (χ4n) is 3.03. The molecule has 1 fully saturated rings. The third-order valence-electron chi connectivity index (χ3n) is 4.45. The van der Waals surface area contributed by atoms with Crippen LogP contribution in [0.4, 0.5) is 4.79 Å². The zero-order valence-corrected chi connectivity index (χ0v) is 20.6. The SMILES string of the molecule is CC(C)(C)OC(=O)C1CCCN(C(=O)OCc2ccccc2)N1C(=O)C(CBr)CBr. The lowest BCUT2D eigenvalue weighted by molar-refractivity contribution is -0.182. The van der Waals surface area contributed by atoms with Crippen LogP contribution in [0.5, 0.6) is 0 Å². The van der Waals surface area contributed by atoms with Gasteiger partial charge >= 0.3 is 12.1 Å². The van der Waals surface area contributed by atoms with Gasteiger partial charge < -0.3 is 9.47 Å². The van der Waals surface area contributed by atoms with Gasteiger partial charge in [0.25, 0.3) is 0 Å². The third kappa shape index (κ3) is 6.70. The number of esters is 1. The number of carbonyl (C=O) groups is 3. The van der Waals surface area contributed by atoms with Crippen molar-refractivity contribution < 1.29 is 23.9 Å². The molecule has 0 saturated carbocycles. The Labute approximate surface area is 194 Å². The molecule has 0 aromatic heterocycles. The number of hydrogen-bond acceptors (Lipinski definition) is 5. The summed E-state index contributed by atoms with van der Waals surface area (Å²) in [5.41, 5.74) is 0.134. The van der Waals surface area contributed by atoms with Crippen LogP contribution in [-0.2, 0) is 25.7 Å². The zero-order valence-electron chi connectivity index (χ0n) is 17.5. The van der Waals surface area contributed by atoms with Crippen molar-refractivity contribution in [3.05, 3.63) is 35.9 Å². The molecule has 7 nitrogen and oxygen atoms in total. The average molecular weight is 548 g/mol. The Morgan fingerprint density at radius 3 is 2.33 bits per heavy atom. The summed E-state index contributed by atoms with van der Waals surface area (Å²) in [4.78, 5) is 39.0. The van der Waals surface area contributed by atoms with Gasteiger partial charge in [0.15, 0.2) is 6.04 Å². The molecule has 9 heteroatoms. The summed E-state index contributed by atoms with van der Waals surface area (Å²) in [5, 5.41) is 3.25. The normalized spacial score (nSPS) is 17.1. The second-order valence-electron chi connectivity index (χ2n) is 8.04. The summed E-state index contributed by atoms with van der Waals surface area (Å²) in [6.45, 7) is 5.67. The predicted octanol–water partition coefficient (Wildman–Crippen LogP) is 4.28. The van der Waals surface area contributed by atoms with E-state index in [-0.39, 0.29) is 19.1 Å². The molecule has 1 unspecified atom stereocenters. The molecule has 0 aliphatic carbocycles. The topological polar surface area (TPSA) is 76.2 Å². The molecule has 1 aliphatic rings. The number of hydrogen-bond donors (Lipinski definition) is 0. The van der Waals surface area contributed by atoms with Gasteiger partial charge in [-0.1, -0.05) is 62.2 Å². The highest BCUT2D eigenvalue weighted by Gasteiger charge is 2.43. The second kappa shape index (κ2) is 11.1. The van der Waals surface area contributed by atoms with Crippen LogP contribution in [0.3, 0.4) is 0 Å². The van der Waals surface area contributed by atoms with E-state index in [2.05, 4.69) is 31.9 Å². The molecule has 1 aromatic carbocycles. The maximum absolute atomic E-state index is 13.2. The molecule has 0 spiro atoms. The minimum atomic E-state index is -0.879. The highest BCUT2D eigenvalue weighted by atomic mass is 79.9. The molecule has 1 aromatic rings. The lowest BCUT2D eigenvalue weighted by atomic mass is 10.0. The molecule has 1 saturated heterocycles. The van der Waals surface area contributed by atoms with Crippen LogP contribution >= 0.6 is 31.9 Å². The van der Waals surface area contributed by atoms with Gasteiger partial charge in [0, 0.05) is 17.2 Å². The first-order valence-electron chi connectivity index (χ1n) is 9.84. The standard InChI is InChI=1S/C21H28Br2N2O5/c1-21(2,3)30-19(27)17-10-7-11-24(25(17)18(26)16(12-22)13-23)20(28)29-14-15-8-5-4-6-9-15/h4-6,8-9,16-17H,7,10-14H2,1-3H3. The molecular formula is C21H28Br2N2O5. The minimum Gasteiger partial charge on any atom is -0.458 e. The quantitative estimate of drug-likeness (QED) is 0.392. The van der Waals surface area contributed by atoms with Gasteiger partial charge in [0.1, 0.15) is 12.2 Å². The van der Waals surface area contributed by atoms with Crippen LogP contribution in [0.15, 0.2) is 30.3 Å². The highest BCUT2D eigenvalue weighted by Crippen LogP contribution is 2.26. The van der Waals surface area contributed by atoms with Crippen LogP contribution < -0.4 is 0 Å². The summed E-state index contributed by atoms with van der Waals surface area (Å²) in [6.07, 6.45) is 0.310. The summed E-state index contributed by atoms with van der Waals surface area (Å²) in [6, 6.07) is 8.41. The molecule has 1 aliphatic heterocycles. The van der Waals surface area contributed by atoms with Crippen molar-refractivity contribution in [3.63, 3.8) is 0 Å². The first kappa shape index (κ1) is 24.7. The van der Waals surface area contributed by atoms with E-state index in [1.165, 1.54) is 10.0 Å². The van der Waals surface area contributed by atoms with E-state index in [1.54, 1.807) is 20.8 Å². The maximum atomic E-state index is 13.2. The van der Waals surface area contributed by atoms with Crippen molar-refractivity contribution in [1.29, 1.82) is 0 Å². The Morgan fingerprint density at radius 1 is 1.13 bits per heavy atom. The number of carbonyl (C=O) groups excluding carboxylic acids is 3. The van der Waals surface area contributed by atoms with Gasteiger partial charge in [-0.2, -0.15) is 0 Å². The van der Waals surface area contributed by atoms with E-state index in [9.17, 15) is 14.4 Å². The Morgan fingerprint density at radius 2 is 1.77 bits per heavy atom. The lowest BCUT2D eigenvalue weighted by Crippen LogP contribution is -2.62. The summed E-state index contributed by atoms with van der Waals surface area (Å²) >= 11 is 6.68. The largest absolute Gasteiger partial charge is 0.458 e. The van der Waals surface area contributed by atoms with Gasteiger partial charge in [-0.15, -0.1) is 0 Å². The number of benzene rings is 1. The maximum Gasteiger partial charge on any atom is 0.429 e. The van der Waals surface area contributed by atoms with Gasteiger partial charge in [-0.05, 0) is 39.2 Å². The van der Waals surface area contributed by atoms with Crippen LogP contribution in [0.2, 0.25) is 0 Å². The number of nitrogens with zero attached hydrogens (tertiary/aromatic N) is 2. The van der Waals surface area contributed by atoms with E-state index in [0.29, 0.717) is 23.5 Å². The van der Waals surface area contributed by atoms with Crippen LogP contribution in [-0.4, -0.2) is 56.8 Å². The molecule has 166 valence electrons. The van der Waals surface area contributed by atoms with Crippen molar-refractivity contribution in [3.8, 4) is 0 Å². The summed E-state index contributed by atoms with van der Waals surface area (Å²) < 4.78 is 11.0. The Bertz CT molecular complexity index is 735. The predicted molar refractivity (Wildman–Crippen MR) is 120 cm³/mol. The molecule has 30 heavy (non-hydrogen) atoms. The number of ether oxygens (including phenoxy) is 2. The van der Waals surface area contributed by atoms with Crippen molar-refractivity contribution in [1.82, 2.24) is 10.0 Å². The molecule has 1 heterocycles. The third-order valence-corrected chi connectivity index (χ3v) is 6.01. The molecule has 2 amide bonds.